The van der Waals surface area contributed by atoms with Crippen LogP contribution in [0.3, 0.4) is 0 Å². The number of carboxylic acids is 1. The summed E-state index contributed by atoms with van der Waals surface area (Å²) in [5.74, 6) is -1.06. The summed E-state index contributed by atoms with van der Waals surface area (Å²) >= 11 is 11.8. The van der Waals surface area contributed by atoms with E-state index < -0.39 is 16.2 Å². The first-order chi connectivity index (χ1) is 9.64. The number of halogens is 2. The van der Waals surface area contributed by atoms with Gasteiger partial charge < -0.3 is 5.11 Å². The fraction of sp³-hybridized carbons (Fsp3) is 0.417. The molecule has 0 aliphatic heterocycles. The van der Waals surface area contributed by atoms with E-state index in [1.165, 1.54) is 20.2 Å². The van der Waals surface area contributed by atoms with Gasteiger partial charge in [-0.25, -0.2) is 0 Å². The Morgan fingerprint density at radius 2 is 1.86 bits per heavy atom. The molecule has 9 heteroatoms. The molecule has 0 amide bonds. The van der Waals surface area contributed by atoms with E-state index >= 15 is 0 Å². The van der Waals surface area contributed by atoms with E-state index in [2.05, 4.69) is 0 Å². The first-order valence-electron chi connectivity index (χ1n) is 5.98. The number of benzene rings is 1. The van der Waals surface area contributed by atoms with Crippen LogP contribution in [0.15, 0.2) is 18.2 Å². The van der Waals surface area contributed by atoms with Crippen molar-refractivity contribution in [3.8, 4) is 0 Å². The van der Waals surface area contributed by atoms with Gasteiger partial charge in [-0.15, -0.1) is 0 Å². The summed E-state index contributed by atoms with van der Waals surface area (Å²) in [5.41, 5.74) is 0.610. The molecule has 0 aliphatic carbocycles. The first kappa shape index (κ1) is 18.2. The van der Waals surface area contributed by atoms with Gasteiger partial charge in [0, 0.05) is 37.2 Å². The zero-order chi connectivity index (χ0) is 16.2. The van der Waals surface area contributed by atoms with Crippen molar-refractivity contribution in [2.45, 2.75) is 13.0 Å². The lowest BCUT2D eigenvalue weighted by molar-refractivity contribution is -0.137. The van der Waals surface area contributed by atoms with Crippen molar-refractivity contribution in [2.24, 2.45) is 0 Å². The molecule has 0 heterocycles. The predicted octanol–water partition coefficient (Wildman–Crippen LogP) is 2.08. The Labute approximate surface area is 134 Å². The molecule has 0 spiro atoms. The normalized spacial score (nSPS) is 12.1. The van der Waals surface area contributed by atoms with Gasteiger partial charge in [0.05, 0.1) is 6.42 Å². The van der Waals surface area contributed by atoms with E-state index in [1.54, 1.807) is 12.1 Å². The molecule has 0 saturated heterocycles. The fourth-order valence-electron chi connectivity index (χ4n) is 1.58. The van der Waals surface area contributed by atoms with Crippen LogP contribution in [0, 0.1) is 0 Å². The second-order valence-corrected chi connectivity index (χ2v) is 7.45. The van der Waals surface area contributed by atoms with Gasteiger partial charge in [0.2, 0.25) is 0 Å². The Bertz CT molecular complexity index is 622. The lowest BCUT2D eigenvalue weighted by Gasteiger charge is -2.24. The zero-order valence-corrected chi connectivity index (χ0v) is 13.9. The van der Waals surface area contributed by atoms with E-state index in [9.17, 15) is 13.2 Å². The monoisotopic (exact) mass is 354 g/mol. The number of rotatable bonds is 7. The third-order valence-corrected chi connectivity index (χ3v) is 5.31. The summed E-state index contributed by atoms with van der Waals surface area (Å²) in [7, 11) is -1.02. The lowest BCUT2D eigenvalue weighted by Crippen LogP contribution is -2.40. The van der Waals surface area contributed by atoms with E-state index in [0.29, 0.717) is 15.6 Å². The molecule has 21 heavy (non-hydrogen) atoms. The quantitative estimate of drug-likeness (QED) is 0.812. The van der Waals surface area contributed by atoms with Crippen molar-refractivity contribution < 1.29 is 18.3 Å². The zero-order valence-electron chi connectivity index (χ0n) is 11.6. The van der Waals surface area contributed by atoms with Crippen LogP contribution < -0.4 is 0 Å². The summed E-state index contributed by atoms with van der Waals surface area (Å²) in [6.45, 7) is -0.0356. The van der Waals surface area contributed by atoms with Crippen LogP contribution in [0.2, 0.25) is 10.0 Å². The summed E-state index contributed by atoms with van der Waals surface area (Å²) in [4.78, 5) is 10.5. The lowest BCUT2D eigenvalue weighted by atomic mass is 10.2. The number of aliphatic carboxylic acids is 1. The Kier molecular flexibility index (Phi) is 6.42. The molecule has 0 radical (unpaired) electrons. The molecule has 1 aromatic carbocycles. The van der Waals surface area contributed by atoms with Crippen molar-refractivity contribution >= 4 is 39.4 Å². The molecular weight excluding hydrogens is 339 g/mol. The minimum atomic E-state index is -3.75. The molecule has 0 fully saturated rings. The SMILES string of the molecule is CN(CCC(=O)O)S(=O)(=O)N(C)Cc1ccc(Cl)cc1Cl. The molecule has 6 nitrogen and oxygen atoms in total. The van der Waals surface area contributed by atoms with E-state index in [4.69, 9.17) is 28.3 Å². The second kappa shape index (κ2) is 7.42. The number of carbonyl (C=O) groups is 1. The van der Waals surface area contributed by atoms with Gasteiger partial charge in [0.1, 0.15) is 0 Å². The molecular formula is C12H16Cl2N2O4S. The second-order valence-electron chi connectivity index (χ2n) is 4.46. The van der Waals surface area contributed by atoms with Gasteiger partial charge in [-0.05, 0) is 17.7 Å². The molecule has 0 aromatic heterocycles. The number of hydrogen-bond acceptors (Lipinski definition) is 3. The molecule has 0 aliphatic rings. The van der Waals surface area contributed by atoms with Crippen LogP contribution in [0.4, 0.5) is 0 Å². The Morgan fingerprint density at radius 3 is 2.38 bits per heavy atom. The highest BCUT2D eigenvalue weighted by Gasteiger charge is 2.24. The standard InChI is InChI=1S/C12H16Cl2N2O4S/c1-15(6-5-12(17)18)21(19,20)16(2)8-9-3-4-10(13)7-11(9)14/h3-4,7H,5-6,8H2,1-2H3,(H,17,18). The van der Waals surface area contributed by atoms with Crippen molar-refractivity contribution in [3.63, 3.8) is 0 Å². The van der Waals surface area contributed by atoms with Gasteiger partial charge in [-0.1, -0.05) is 29.3 Å². The van der Waals surface area contributed by atoms with Crippen LogP contribution in [0.5, 0.6) is 0 Å². The maximum atomic E-state index is 12.2. The van der Waals surface area contributed by atoms with Crippen LogP contribution in [0.1, 0.15) is 12.0 Å². The third kappa shape index (κ3) is 5.12. The largest absolute Gasteiger partial charge is 0.481 e. The molecule has 0 atom stereocenters. The van der Waals surface area contributed by atoms with Crippen molar-refractivity contribution in [2.75, 3.05) is 20.6 Å². The molecule has 0 bridgehead atoms. The number of nitrogens with zero attached hydrogens (tertiary/aromatic N) is 2. The van der Waals surface area contributed by atoms with E-state index in [-0.39, 0.29) is 19.5 Å². The van der Waals surface area contributed by atoms with Crippen LogP contribution >= 0.6 is 23.2 Å². The first-order valence-corrected chi connectivity index (χ1v) is 8.13. The minimum absolute atomic E-state index is 0.0652. The van der Waals surface area contributed by atoms with Crippen LogP contribution in [0.25, 0.3) is 0 Å². The predicted molar refractivity (Wildman–Crippen MR) is 81.7 cm³/mol. The van der Waals surface area contributed by atoms with Gasteiger partial charge in [-0.3, -0.25) is 4.79 Å². The highest BCUT2D eigenvalue weighted by molar-refractivity contribution is 7.86. The highest BCUT2D eigenvalue weighted by Crippen LogP contribution is 2.23. The van der Waals surface area contributed by atoms with E-state index in [1.807, 2.05) is 0 Å². The average Bonchev–Trinajstić information content (AvgIpc) is 2.38. The summed E-state index contributed by atoms with van der Waals surface area (Å²) in [6, 6.07) is 4.80. The molecule has 0 saturated carbocycles. The van der Waals surface area contributed by atoms with Crippen molar-refractivity contribution in [1.82, 2.24) is 8.61 Å². The summed E-state index contributed by atoms with van der Waals surface area (Å²) < 4.78 is 26.5. The highest BCUT2D eigenvalue weighted by atomic mass is 35.5. The van der Waals surface area contributed by atoms with Gasteiger partial charge in [0.25, 0.3) is 10.2 Å². The summed E-state index contributed by atoms with van der Waals surface area (Å²) in [6.07, 6.45) is -0.259. The average molecular weight is 355 g/mol. The van der Waals surface area contributed by atoms with Crippen LogP contribution in [-0.4, -0.2) is 48.7 Å². The minimum Gasteiger partial charge on any atom is -0.481 e. The molecule has 1 aromatic rings. The number of hydrogen-bond donors (Lipinski definition) is 1. The molecule has 0 unspecified atom stereocenters. The van der Waals surface area contributed by atoms with E-state index in [0.717, 1.165) is 8.61 Å². The maximum absolute atomic E-state index is 12.2. The Balaban J connectivity index is 2.81. The van der Waals surface area contributed by atoms with Crippen molar-refractivity contribution in [1.29, 1.82) is 0 Å². The third-order valence-electron chi connectivity index (χ3n) is 2.84. The Morgan fingerprint density at radius 1 is 1.24 bits per heavy atom. The summed E-state index contributed by atoms with van der Waals surface area (Å²) in [5, 5.41) is 9.44. The van der Waals surface area contributed by atoms with Gasteiger partial charge in [-0.2, -0.15) is 17.0 Å². The Hall–Kier alpha value is -0.860. The maximum Gasteiger partial charge on any atom is 0.304 e. The smallest absolute Gasteiger partial charge is 0.304 e. The van der Waals surface area contributed by atoms with Gasteiger partial charge >= 0.3 is 5.97 Å². The topological polar surface area (TPSA) is 77.9 Å². The van der Waals surface area contributed by atoms with Gasteiger partial charge in [0.15, 0.2) is 0 Å². The van der Waals surface area contributed by atoms with Crippen LogP contribution in [-0.2, 0) is 21.5 Å². The molecule has 1 rings (SSSR count). The molecule has 118 valence electrons. The molecule has 1 N–H and O–H groups in total. The fourth-order valence-corrected chi connectivity index (χ4v) is 3.15. The number of carboxylic acid groups (broad SMARTS) is 1. The van der Waals surface area contributed by atoms with Crippen molar-refractivity contribution in [3.05, 3.63) is 33.8 Å².